The SMILES string of the molecule is COC(=O)C1(CC=C=Cc2cccc(Br)c2)C(=O)c2ccccc2SC1c1ccccc1. The third-order valence-corrected chi connectivity index (χ3v) is 7.54. The number of carbonyl (C=O) groups is 2. The lowest BCUT2D eigenvalue weighted by molar-refractivity contribution is -0.149. The van der Waals surface area contributed by atoms with Crippen LogP contribution in [0.5, 0.6) is 0 Å². The number of benzene rings is 3. The first kappa shape index (κ1) is 22.3. The molecule has 1 aliphatic heterocycles. The molecule has 0 fully saturated rings. The molecule has 1 aliphatic rings. The number of hydrogen-bond acceptors (Lipinski definition) is 4. The summed E-state index contributed by atoms with van der Waals surface area (Å²) < 4.78 is 6.20. The van der Waals surface area contributed by atoms with Gasteiger partial charge in [-0.1, -0.05) is 76.6 Å². The Kier molecular flexibility index (Phi) is 6.80. The van der Waals surface area contributed by atoms with Crippen molar-refractivity contribution in [2.24, 2.45) is 5.41 Å². The fourth-order valence-electron chi connectivity index (χ4n) is 3.96. The van der Waals surface area contributed by atoms with Crippen LogP contribution in [0.3, 0.4) is 0 Å². The molecule has 0 saturated carbocycles. The first-order valence-corrected chi connectivity index (χ1v) is 11.8. The molecule has 3 aromatic carbocycles. The highest BCUT2D eigenvalue weighted by Gasteiger charge is 2.56. The van der Waals surface area contributed by atoms with Gasteiger partial charge in [0.1, 0.15) is 0 Å². The van der Waals surface area contributed by atoms with Crippen LogP contribution in [-0.2, 0) is 9.53 Å². The van der Waals surface area contributed by atoms with Crippen molar-refractivity contribution >= 4 is 45.5 Å². The van der Waals surface area contributed by atoms with E-state index in [9.17, 15) is 9.59 Å². The molecular weight excluding hydrogens is 484 g/mol. The van der Waals surface area contributed by atoms with E-state index in [4.69, 9.17) is 4.74 Å². The molecule has 160 valence electrons. The van der Waals surface area contributed by atoms with Gasteiger partial charge in [-0.15, -0.1) is 17.5 Å². The Morgan fingerprint density at radius 1 is 1.09 bits per heavy atom. The van der Waals surface area contributed by atoms with Gasteiger partial charge in [0.25, 0.3) is 0 Å². The quantitative estimate of drug-likeness (QED) is 0.215. The van der Waals surface area contributed by atoms with E-state index in [1.807, 2.05) is 78.9 Å². The number of thioether (sulfide) groups is 1. The fraction of sp³-hybridized carbons (Fsp3) is 0.148. The second-order valence-electron chi connectivity index (χ2n) is 7.47. The Balaban J connectivity index is 1.81. The zero-order valence-electron chi connectivity index (χ0n) is 17.5. The predicted octanol–water partition coefficient (Wildman–Crippen LogP) is 6.90. The minimum absolute atomic E-state index is 0.184. The van der Waals surface area contributed by atoms with Crippen LogP contribution in [0.15, 0.2) is 100 Å². The molecule has 2 atom stereocenters. The number of ether oxygens (including phenoxy) is 1. The summed E-state index contributed by atoms with van der Waals surface area (Å²) in [6, 6.07) is 25.0. The van der Waals surface area contributed by atoms with Crippen LogP contribution in [0.2, 0.25) is 0 Å². The average Bonchev–Trinajstić information content (AvgIpc) is 2.83. The van der Waals surface area contributed by atoms with Crippen LogP contribution in [0.25, 0.3) is 6.08 Å². The molecule has 1 heterocycles. The molecule has 0 N–H and O–H groups in total. The molecule has 0 saturated heterocycles. The van der Waals surface area contributed by atoms with Crippen molar-refractivity contribution in [3.05, 3.63) is 112 Å². The van der Waals surface area contributed by atoms with Gasteiger partial charge < -0.3 is 4.74 Å². The first-order valence-electron chi connectivity index (χ1n) is 10.2. The highest BCUT2D eigenvalue weighted by atomic mass is 79.9. The zero-order chi connectivity index (χ0) is 22.6. The number of allylic oxidation sites excluding steroid dienone is 1. The summed E-state index contributed by atoms with van der Waals surface area (Å²) in [6.45, 7) is 0. The summed E-state index contributed by atoms with van der Waals surface area (Å²) in [5, 5.41) is -0.414. The standard InChI is InChI=1S/C27H21BrO3S/c1-31-26(30)27(17-8-7-10-19-11-9-14-21(28)18-19)24(29)22-15-5-6-16-23(22)32-25(27)20-12-3-2-4-13-20/h2-6,8-16,18,25H,17H2,1H3. The lowest BCUT2D eigenvalue weighted by atomic mass is 9.72. The Morgan fingerprint density at radius 2 is 1.84 bits per heavy atom. The third kappa shape index (κ3) is 4.24. The lowest BCUT2D eigenvalue weighted by Gasteiger charge is -2.40. The van der Waals surface area contributed by atoms with E-state index in [0.29, 0.717) is 5.56 Å². The van der Waals surface area contributed by atoms with Crippen molar-refractivity contribution in [2.75, 3.05) is 7.11 Å². The van der Waals surface area contributed by atoms with Crippen molar-refractivity contribution in [3.8, 4) is 0 Å². The third-order valence-electron chi connectivity index (χ3n) is 5.52. The average molecular weight is 505 g/mol. The normalized spacial score (nSPS) is 19.4. The van der Waals surface area contributed by atoms with Gasteiger partial charge >= 0.3 is 5.97 Å². The van der Waals surface area contributed by atoms with Crippen LogP contribution >= 0.6 is 27.7 Å². The van der Waals surface area contributed by atoms with E-state index >= 15 is 0 Å². The largest absolute Gasteiger partial charge is 0.468 e. The summed E-state index contributed by atoms with van der Waals surface area (Å²) in [4.78, 5) is 28.0. The number of esters is 1. The number of carbonyl (C=O) groups excluding carboxylic acids is 2. The van der Waals surface area contributed by atoms with Gasteiger partial charge in [0.15, 0.2) is 11.2 Å². The monoisotopic (exact) mass is 504 g/mol. The van der Waals surface area contributed by atoms with Gasteiger partial charge in [0, 0.05) is 14.9 Å². The number of hydrogen-bond donors (Lipinski definition) is 0. The van der Waals surface area contributed by atoms with Crippen LogP contribution in [0.4, 0.5) is 0 Å². The predicted molar refractivity (Wildman–Crippen MR) is 132 cm³/mol. The maximum absolute atomic E-state index is 13.9. The van der Waals surface area contributed by atoms with E-state index in [1.54, 1.807) is 12.1 Å². The summed E-state index contributed by atoms with van der Waals surface area (Å²) in [5.41, 5.74) is 4.21. The molecule has 3 nitrogen and oxygen atoms in total. The van der Waals surface area contributed by atoms with Crippen molar-refractivity contribution < 1.29 is 14.3 Å². The molecule has 2 unspecified atom stereocenters. The molecule has 0 bridgehead atoms. The second-order valence-corrected chi connectivity index (χ2v) is 9.53. The van der Waals surface area contributed by atoms with Gasteiger partial charge in [-0.05, 0) is 47.9 Å². The highest BCUT2D eigenvalue weighted by molar-refractivity contribution is 9.10. The Labute approximate surface area is 200 Å². The summed E-state index contributed by atoms with van der Waals surface area (Å²) in [5.74, 6) is -0.744. The van der Waals surface area contributed by atoms with Crippen LogP contribution in [0.1, 0.15) is 33.2 Å². The van der Waals surface area contributed by atoms with Crippen molar-refractivity contribution in [1.82, 2.24) is 0 Å². The molecule has 3 aromatic rings. The molecule has 4 rings (SSSR count). The number of halogens is 1. The molecule has 0 aromatic heterocycles. The molecule has 0 amide bonds. The minimum atomic E-state index is -1.38. The van der Waals surface area contributed by atoms with Crippen LogP contribution in [0, 0.1) is 5.41 Å². The van der Waals surface area contributed by atoms with Gasteiger partial charge in [0.05, 0.1) is 12.4 Å². The number of ketones is 1. The Bertz CT molecular complexity index is 1210. The maximum Gasteiger partial charge on any atom is 0.321 e. The van der Waals surface area contributed by atoms with Crippen LogP contribution < -0.4 is 0 Å². The van der Waals surface area contributed by atoms with E-state index < -0.39 is 16.6 Å². The highest BCUT2D eigenvalue weighted by Crippen LogP contribution is 2.56. The molecule has 0 spiro atoms. The van der Waals surface area contributed by atoms with E-state index in [1.165, 1.54) is 18.9 Å². The number of methoxy groups -OCH3 is 1. The molecule has 0 radical (unpaired) electrons. The summed E-state index contributed by atoms with van der Waals surface area (Å²) in [7, 11) is 1.34. The van der Waals surface area contributed by atoms with Crippen molar-refractivity contribution in [3.63, 3.8) is 0 Å². The Hall–Kier alpha value is -2.85. The summed E-state index contributed by atoms with van der Waals surface area (Å²) >= 11 is 5.00. The number of Topliss-reactive ketones (excluding diaryl/α,β-unsaturated/α-hetero) is 1. The maximum atomic E-state index is 13.9. The van der Waals surface area contributed by atoms with E-state index in [-0.39, 0.29) is 12.2 Å². The lowest BCUT2D eigenvalue weighted by Crippen LogP contribution is -2.46. The fourth-order valence-corrected chi connectivity index (χ4v) is 5.87. The van der Waals surface area contributed by atoms with Crippen LogP contribution in [-0.4, -0.2) is 18.9 Å². The van der Waals surface area contributed by atoms with Gasteiger partial charge in [-0.2, -0.15) is 0 Å². The second kappa shape index (κ2) is 9.74. The van der Waals surface area contributed by atoms with Gasteiger partial charge in [0.2, 0.25) is 0 Å². The number of fused-ring (bicyclic) bond motifs is 1. The van der Waals surface area contributed by atoms with E-state index in [0.717, 1.165) is 20.5 Å². The van der Waals surface area contributed by atoms with Crippen molar-refractivity contribution in [2.45, 2.75) is 16.6 Å². The smallest absolute Gasteiger partial charge is 0.321 e. The van der Waals surface area contributed by atoms with Gasteiger partial charge in [-0.3, -0.25) is 9.59 Å². The molecule has 0 aliphatic carbocycles. The summed E-state index contributed by atoms with van der Waals surface area (Å²) in [6.07, 6.45) is 3.78. The van der Waals surface area contributed by atoms with Gasteiger partial charge in [-0.25, -0.2) is 0 Å². The van der Waals surface area contributed by atoms with Crippen molar-refractivity contribution in [1.29, 1.82) is 0 Å². The topological polar surface area (TPSA) is 43.4 Å². The minimum Gasteiger partial charge on any atom is -0.468 e. The number of rotatable bonds is 5. The Morgan fingerprint density at radius 3 is 2.59 bits per heavy atom. The molecule has 32 heavy (non-hydrogen) atoms. The molecule has 5 heteroatoms. The first-order chi connectivity index (χ1) is 15.6. The zero-order valence-corrected chi connectivity index (χ0v) is 19.9. The van der Waals surface area contributed by atoms with E-state index in [2.05, 4.69) is 21.7 Å². The molecular formula is C27H21BrO3S.